The molecule has 4 nitrogen and oxygen atoms in total. The summed E-state index contributed by atoms with van der Waals surface area (Å²) in [6.45, 7) is 4.09. The molecule has 3 aliphatic carbocycles. The summed E-state index contributed by atoms with van der Waals surface area (Å²) in [4.78, 5) is 15.3. The molecule has 1 aromatic rings. The molecular weight excluding hydrogens is 326 g/mol. The maximum absolute atomic E-state index is 12.8. The van der Waals surface area contributed by atoms with Crippen LogP contribution in [0, 0.1) is 11.8 Å². The van der Waals surface area contributed by atoms with Gasteiger partial charge in [0.15, 0.2) is 0 Å². The molecule has 1 N–H and O–H groups in total. The van der Waals surface area contributed by atoms with Crippen molar-refractivity contribution in [2.24, 2.45) is 11.8 Å². The molecule has 5 rings (SSSR count). The molecule has 4 atom stereocenters. The van der Waals surface area contributed by atoms with Gasteiger partial charge in [0, 0.05) is 30.3 Å². The van der Waals surface area contributed by atoms with Gasteiger partial charge >= 0.3 is 0 Å². The van der Waals surface area contributed by atoms with Gasteiger partial charge in [-0.1, -0.05) is 13.0 Å². The Morgan fingerprint density at radius 3 is 2.88 bits per heavy atom. The number of methoxy groups -OCH3 is 1. The highest BCUT2D eigenvalue weighted by Crippen LogP contribution is 2.59. The number of likely N-dealkylation sites (tertiary alicyclic amines) is 1. The van der Waals surface area contributed by atoms with Crippen molar-refractivity contribution in [2.75, 3.05) is 20.2 Å². The second-order valence-electron chi connectivity index (χ2n) is 9.19. The van der Waals surface area contributed by atoms with Gasteiger partial charge in [-0.3, -0.25) is 9.69 Å². The van der Waals surface area contributed by atoms with Crippen molar-refractivity contribution in [2.45, 2.75) is 62.5 Å². The summed E-state index contributed by atoms with van der Waals surface area (Å²) in [6.07, 6.45) is 5.47. The molecule has 1 saturated heterocycles. The minimum Gasteiger partial charge on any atom is -0.497 e. The zero-order valence-corrected chi connectivity index (χ0v) is 15.8. The van der Waals surface area contributed by atoms with Crippen molar-refractivity contribution in [3.05, 3.63) is 29.3 Å². The fourth-order valence-electron chi connectivity index (χ4n) is 6.08. The van der Waals surface area contributed by atoms with Gasteiger partial charge in [0.2, 0.25) is 0 Å². The quantitative estimate of drug-likeness (QED) is 0.906. The summed E-state index contributed by atoms with van der Waals surface area (Å²) < 4.78 is 5.48. The molecule has 4 heteroatoms. The van der Waals surface area contributed by atoms with E-state index < -0.39 is 11.0 Å². The van der Waals surface area contributed by atoms with Crippen LogP contribution in [0.3, 0.4) is 0 Å². The fraction of sp³-hybridized carbons (Fsp3) is 0.682. The maximum Gasteiger partial charge on any atom is 0.136 e. The first kappa shape index (κ1) is 16.8. The number of fused-ring (bicyclic) bond motifs is 1. The third-order valence-electron chi connectivity index (χ3n) is 7.73. The lowest BCUT2D eigenvalue weighted by atomic mass is 9.48. The van der Waals surface area contributed by atoms with Gasteiger partial charge in [-0.05, 0) is 67.8 Å². The van der Waals surface area contributed by atoms with Crippen molar-refractivity contribution in [1.82, 2.24) is 4.90 Å². The molecular formula is C22H29NO3. The number of carbonyl (C=O) groups is 1. The van der Waals surface area contributed by atoms with E-state index in [0.29, 0.717) is 18.6 Å². The Hall–Kier alpha value is -1.39. The van der Waals surface area contributed by atoms with Crippen LogP contribution >= 0.6 is 0 Å². The minimum absolute atomic E-state index is 0.0522. The lowest BCUT2D eigenvalue weighted by Gasteiger charge is -2.64. The van der Waals surface area contributed by atoms with Gasteiger partial charge in [-0.15, -0.1) is 0 Å². The van der Waals surface area contributed by atoms with E-state index >= 15 is 0 Å². The Labute approximate surface area is 155 Å². The van der Waals surface area contributed by atoms with Crippen molar-refractivity contribution in [3.8, 4) is 5.75 Å². The fourth-order valence-corrected chi connectivity index (χ4v) is 6.08. The van der Waals surface area contributed by atoms with Gasteiger partial charge in [-0.25, -0.2) is 0 Å². The summed E-state index contributed by atoms with van der Waals surface area (Å²) in [6, 6.07) is 6.41. The molecule has 4 aliphatic rings. The predicted molar refractivity (Wildman–Crippen MR) is 99.4 cm³/mol. The number of carbonyl (C=O) groups excluding carboxylic acids is 1. The summed E-state index contributed by atoms with van der Waals surface area (Å²) in [5, 5.41) is 12.1. The Balaban J connectivity index is 1.65. The second-order valence-corrected chi connectivity index (χ2v) is 9.19. The molecule has 26 heavy (non-hydrogen) atoms. The van der Waals surface area contributed by atoms with Gasteiger partial charge in [0.05, 0.1) is 12.7 Å². The molecule has 140 valence electrons. The second kappa shape index (κ2) is 5.56. The Kier molecular flexibility index (Phi) is 3.58. The monoisotopic (exact) mass is 355 g/mol. The summed E-state index contributed by atoms with van der Waals surface area (Å²) in [7, 11) is 1.68. The van der Waals surface area contributed by atoms with E-state index in [0.717, 1.165) is 37.6 Å². The smallest absolute Gasteiger partial charge is 0.136 e. The van der Waals surface area contributed by atoms with E-state index in [9.17, 15) is 9.90 Å². The first-order valence-corrected chi connectivity index (χ1v) is 10.1. The third-order valence-corrected chi connectivity index (χ3v) is 7.73. The van der Waals surface area contributed by atoms with Gasteiger partial charge in [-0.2, -0.15) is 0 Å². The van der Waals surface area contributed by atoms with Crippen molar-refractivity contribution in [3.63, 3.8) is 0 Å². The molecule has 2 bridgehead atoms. The molecule has 0 radical (unpaired) electrons. The Morgan fingerprint density at radius 1 is 1.35 bits per heavy atom. The molecule has 0 spiro atoms. The number of Topliss-reactive ketones (excluding diaryl/α,β-unsaturated/α-hetero) is 1. The average molecular weight is 355 g/mol. The van der Waals surface area contributed by atoms with E-state index in [2.05, 4.69) is 17.0 Å². The van der Waals surface area contributed by atoms with Crippen LogP contribution in [0.25, 0.3) is 0 Å². The number of benzene rings is 1. The standard InChI is InChI=1S/C22H29NO3/c1-14-11-22(25)20-9-16-5-6-17(26-2)10-18(16)21(22,12-19(14)24)7-8-23(20)13-15-3-4-15/h5-6,10,14-15,20,25H,3-4,7-9,11-13H2,1-2H3/t14-,20+,21+,22+/m0/s1. The molecule has 1 aliphatic heterocycles. The molecule has 0 unspecified atom stereocenters. The maximum atomic E-state index is 12.8. The Bertz CT molecular complexity index is 758. The van der Waals surface area contributed by atoms with E-state index in [4.69, 9.17) is 4.74 Å². The normalized spacial score (nSPS) is 39.3. The zero-order chi connectivity index (χ0) is 18.1. The number of ketones is 1. The summed E-state index contributed by atoms with van der Waals surface area (Å²) >= 11 is 0. The molecule has 1 heterocycles. The predicted octanol–water partition coefficient (Wildman–Crippen LogP) is 2.70. The number of hydrogen-bond donors (Lipinski definition) is 1. The molecule has 2 saturated carbocycles. The molecule has 0 aromatic heterocycles. The van der Waals surface area contributed by atoms with E-state index in [-0.39, 0.29) is 12.0 Å². The molecule has 0 amide bonds. The first-order valence-electron chi connectivity index (χ1n) is 10.1. The number of aliphatic hydroxyl groups is 1. The number of piperidine rings is 1. The minimum atomic E-state index is -0.813. The van der Waals surface area contributed by atoms with Crippen LogP contribution in [0.15, 0.2) is 18.2 Å². The highest BCUT2D eigenvalue weighted by atomic mass is 16.5. The highest BCUT2D eigenvalue weighted by molar-refractivity contribution is 5.84. The van der Waals surface area contributed by atoms with E-state index in [1.807, 2.05) is 13.0 Å². The van der Waals surface area contributed by atoms with Crippen LogP contribution in [0.1, 0.15) is 50.2 Å². The Morgan fingerprint density at radius 2 is 2.15 bits per heavy atom. The number of hydrogen-bond acceptors (Lipinski definition) is 4. The largest absolute Gasteiger partial charge is 0.497 e. The van der Waals surface area contributed by atoms with Crippen LogP contribution in [-0.4, -0.2) is 47.6 Å². The zero-order valence-electron chi connectivity index (χ0n) is 15.8. The lowest BCUT2D eigenvalue weighted by Crippen LogP contribution is -2.74. The first-order chi connectivity index (χ1) is 12.5. The number of ether oxygens (including phenoxy) is 1. The van der Waals surface area contributed by atoms with Crippen molar-refractivity contribution >= 4 is 5.78 Å². The van der Waals surface area contributed by atoms with Gasteiger partial charge in [0.1, 0.15) is 11.5 Å². The third kappa shape index (κ3) is 2.18. The number of nitrogens with zero attached hydrogens (tertiary/aromatic N) is 1. The van der Waals surface area contributed by atoms with Gasteiger partial charge in [0.25, 0.3) is 0 Å². The van der Waals surface area contributed by atoms with Crippen molar-refractivity contribution in [1.29, 1.82) is 0 Å². The topological polar surface area (TPSA) is 49.8 Å². The van der Waals surface area contributed by atoms with Crippen LogP contribution in [0.4, 0.5) is 0 Å². The molecule has 3 fully saturated rings. The number of rotatable bonds is 3. The average Bonchev–Trinajstić information content (AvgIpc) is 3.43. The van der Waals surface area contributed by atoms with Crippen LogP contribution < -0.4 is 4.74 Å². The SMILES string of the molecule is COc1ccc2c(c1)[C@]13CCN(CC4CC4)[C@H](C2)[C@]1(O)C[C@H](C)C(=O)C3. The molecule has 1 aromatic carbocycles. The highest BCUT2D eigenvalue weighted by Gasteiger charge is 2.66. The van der Waals surface area contributed by atoms with Crippen LogP contribution in [-0.2, 0) is 16.6 Å². The van der Waals surface area contributed by atoms with Crippen LogP contribution in [0.5, 0.6) is 5.75 Å². The van der Waals surface area contributed by atoms with E-state index in [1.54, 1.807) is 7.11 Å². The van der Waals surface area contributed by atoms with E-state index in [1.165, 1.54) is 24.0 Å². The van der Waals surface area contributed by atoms with Crippen LogP contribution in [0.2, 0.25) is 0 Å². The lowest BCUT2D eigenvalue weighted by molar-refractivity contribution is -0.180. The van der Waals surface area contributed by atoms with Gasteiger partial charge < -0.3 is 9.84 Å². The summed E-state index contributed by atoms with van der Waals surface area (Å²) in [5.41, 5.74) is 1.21. The summed E-state index contributed by atoms with van der Waals surface area (Å²) in [5.74, 6) is 1.89. The van der Waals surface area contributed by atoms with Crippen molar-refractivity contribution < 1.29 is 14.6 Å².